The molecule has 2 aliphatic rings. The van der Waals surface area contributed by atoms with E-state index in [1.54, 1.807) is 0 Å². The fraction of sp³-hybridized carbons (Fsp3) is 0.556. The van der Waals surface area contributed by atoms with Gasteiger partial charge in [-0.3, -0.25) is 4.79 Å². The number of nitrogens with one attached hydrogen (secondary N) is 1. The number of likely N-dealkylation sites (tertiary alicyclic amines) is 2. The predicted octanol–water partition coefficient (Wildman–Crippen LogP) is 0.690. The van der Waals surface area contributed by atoms with Gasteiger partial charge in [-0.2, -0.15) is 0 Å². The summed E-state index contributed by atoms with van der Waals surface area (Å²) in [5.74, 6) is -4.62. The minimum atomic E-state index is -1.51. The first-order chi connectivity index (χ1) is 19.0. The fourth-order valence-electron chi connectivity index (χ4n) is 5.35. The monoisotopic (exact) mass is 561 g/mol. The third kappa shape index (κ3) is 6.37. The van der Waals surface area contributed by atoms with E-state index in [0.29, 0.717) is 12.8 Å². The lowest BCUT2D eigenvalue weighted by Crippen LogP contribution is -2.71. The maximum atomic E-state index is 13.9. The summed E-state index contributed by atoms with van der Waals surface area (Å²) in [6, 6.07) is 5.23. The first-order valence-corrected chi connectivity index (χ1v) is 13.3. The molecule has 2 heterocycles. The third-order valence-corrected chi connectivity index (χ3v) is 7.36. The average Bonchev–Trinajstić information content (AvgIpc) is 3.53. The highest BCUT2D eigenvalue weighted by Gasteiger charge is 2.67. The smallest absolute Gasteiger partial charge is 0.407 e. The highest BCUT2D eigenvalue weighted by atomic mass is 16.5. The number of hydrogen-bond donors (Lipinski definition) is 3. The lowest BCUT2D eigenvalue weighted by Gasteiger charge is -2.37. The van der Waals surface area contributed by atoms with Gasteiger partial charge in [0.25, 0.3) is 5.91 Å². The standard InChI is InChI=1S/C27H36N4O9/c1-17(28)24(34)31(22(32)15-21(39-2)25(31)35)20(23(33)30-14-8-11-19(30)26(36)37)12-6-7-13-29-27(38)40-16-18-9-4-3-5-10-18/h3-5,9-10,17,19-21H,6-8,11-16,28H2,1-2H3,(H-,29,36,37,38)/p+1/t17-,19+,20-,21?,31?/m0/s1. The molecule has 0 aliphatic carbocycles. The van der Waals surface area contributed by atoms with E-state index in [4.69, 9.17) is 15.2 Å². The van der Waals surface area contributed by atoms with E-state index in [2.05, 4.69) is 5.32 Å². The Morgan fingerprint density at radius 1 is 1.18 bits per heavy atom. The highest BCUT2D eigenvalue weighted by Crippen LogP contribution is 2.34. The van der Waals surface area contributed by atoms with Gasteiger partial charge in [0.1, 0.15) is 25.1 Å². The van der Waals surface area contributed by atoms with Crippen LogP contribution in [0, 0.1) is 0 Å². The Hall–Kier alpha value is -3.68. The van der Waals surface area contributed by atoms with Crippen molar-refractivity contribution in [1.82, 2.24) is 10.2 Å². The molecular formula is C27H37N4O9+. The van der Waals surface area contributed by atoms with Crippen molar-refractivity contribution in [3.63, 3.8) is 0 Å². The number of unbranched alkanes of at least 4 members (excludes halogenated alkanes) is 1. The molecule has 0 saturated carbocycles. The van der Waals surface area contributed by atoms with Crippen molar-refractivity contribution < 1.29 is 47.8 Å². The molecule has 13 nitrogen and oxygen atoms in total. The molecule has 2 saturated heterocycles. The second-order valence-electron chi connectivity index (χ2n) is 10.0. The molecule has 2 fully saturated rings. The molecule has 13 heteroatoms. The van der Waals surface area contributed by atoms with Gasteiger partial charge >= 0.3 is 29.8 Å². The Kier molecular flexibility index (Phi) is 10.5. The maximum Gasteiger partial charge on any atom is 0.407 e. The zero-order valence-corrected chi connectivity index (χ0v) is 22.7. The number of nitrogens with zero attached hydrogens (tertiary/aromatic N) is 2. The van der Waals surface area contributed by atoms with Gasteiger partial charge < -0.3 is 30.5 Å². The molecule has 2 unspecified atom stereocenters. The molecule has 1 aromatic rings. The SMILES string of the molecule is COC1CC(=O)[N+](C(=O)[C@H](C)N)([C@@H](CCCCNC(=O)OCc2ccccc2)C(=O)N2CCC[C@@H]2C(=O)O)C1=O. The number of carbonyl (C=O) groups excluding carboxylic acids is 5. The molecular weight excluding hydrogens is 524 g/mol. The van der Waals surface area contributed by atoms with Crippen LogP contribution in [0.4, 0.5) is 4.79 Å². The van der Waals surface area contributed by atoms with E-state index in [0.717, 1.165) is 10.5 Å². The lowest BCUT2D eigenvalue weighted by molar-refractivity contribution is -0.718. The van der Waals surface area contributed by atoms with Gasteiger partial charge in [-0.1, -0.05) is 30.3 Å². The minimum Gasteiger partial charge on any atom is -0.480 e. The summed E-state index contributed by atoms with van der Waals surface area (Å²) in [7, 11) is 1.23. The summed E-state index contributed by atoms with van der Waals surface area (Å²) < 4.78 is 8.89. The summed E-state index contributed by atoms with van der Waals surface area (Å²) >= 11 is 0. The largest absolute Gasteiger partial charge is 0.480 e. The first kappa shape index (κ1) is 30.9. The van der Waals surface area contributed by atoms with Crippen LogP contribution in [0.25, 0.3) is 0 Å². The number of imide groups is 3. The highest BCUT2D eigenvalue weighted by molar-refractivity contribution is 6.08. The van der Waals surface area contributed by atoms with Crippen LogP contribution >= 0.6 is 0 Å². The second kappa shape index (κ2) is 13.6. The summed E-state index contributed by atoms with van der Waals surface area (Å²) in [4.78, 5) is 79.3. The van der Waals surface area contributed by atoms with E-state index in [1.165, 1.54) is 14.0 Å². The summed E-state index contributed by atoms with van der Waals surface area (Å²) in [6.07, 6.45) is -1.19. The Morgan fingerprint density at radius 2 is 1.88 bits per heavy atom. The van der Waals surface area contributed by atoms with Crippen molar-refractivity contribution >= 4 is 35.7 Å². The number of amides is 5. The lowest BCUT2D eigenvalue weighted by atomic mass is 10.0. The van der Waals surface area contributed by atoms with Crippen LogP contribution in [0.1, 0.15) is 51.0 Å². The maximum absolute atomic E-state index is 13.9. The quantitative estimate of drug-likeness (QED) is 0.186. The van der Waals surface area contributed by atoms with Crippen molar-refractivity contribution in [3.05, 3.63) is 35.9 Å². The molecule has 5 atom stereocenters. The molecule has 0 spiro atoms. The Labute approximate surface area is 232 Å². The van der Waals surface area contributed by atoms with E-state index < -0.39 is 70.8 Å². The van der Waals surface area contributed by atoms with Gasteiger partial charge in [0.05, 0.1) is 0 Å². The van der Waals surface area contributed by atoms with Crippen LogP contribution in [0.3, 0.4) is 0 Å². The van der Waals surface area contributed by atoms with Gasteiger partial charge in [0, 0.05) is 26.6 Å². The number of carboxylic acids is 1. The van der Waals surface area contributed by atoms with Gasteiger partial charge in [-0.25, -0.2) is 24.0 Å². The van der Waals surface area contributed by atoms with Crippen molar-refractivity contribution in [2.24, 2.45) is 5.73 Å². The molecule has 0 aromatic heterocycles. The van der Waals surface area contributed by atoms with Crippen LogP contribution in [0.5, 0.6) is 0 Å². The molecule has 2 aliphatic heterocycles. The number of quaternary nitrogens is 1. The molecule has 0 radical (unpaired) electrons. The van der Waals surface area contributed by atoms with Gasteiger partial charge in [-0.05, 0) is 38.2 Å². The second-order valence-corrected chi connectivity index (χ2v) is 10.0. The van der Waals surface area contributed by atoms with E-state index in [-0.39, 0.29) is 39.0 Å². The predicted molar refractivity (Wildman–Crippen MR) is 139 cm³/mol. The van der Waals surface area contributed by atoms with Crippen LogP contribution < -0.4 is 11.1 Å². The van der Waals surface area contributed by atoms with Crippen LogP contribution in [0.15, 0.2) is 30.3 Å². The zero-order chi connectivity index (χ0) is 29.4. The number of benzene rings is 1. The molecule has 40 heavy (non-hydrogen) atoms. The average molecular weight is 562 g/mol. The number of methoxy groups -OCH3 is 1. The summed E-state index contributed by atoms with van der Waals surface area (Å²) in [5.41, 5.74) is 6.69. The van der Waals surface area contributed by atoms with Gasteiger partial charge in [0.2, 0.25) is 0 Å². The number of nitrogens with two attached hydrogens (primary N) is 1. The van der Waals surface area contributed by atoms with Gasteiger partial charge in [-0.15, -0.1) is 4.48 Å². The zero-order valence-electron chi connectivity index (χ0n) is 22.7. The number of ether oxygens (including phenoxy) is 2. The summed E-state index contributed by atoms with van der Waals surface area (Å²) in [5, 5.41) is 12.3. The molecule has 5 amide bonds. The number of alkyl carbamates (subject to hydrolysis) is 1. The van der Waals surface area contributed by atoms with Crippen LogP contribution in [0.2, 0.25) is 0 Å². The van der Waals surface area contributed by atoms with E-state index >= 15 is 0 Å². The first-order valence-electron chi connectivity index (χ1n) is 13.3. The van der Waals surface area contributed by atoms with Gasteiger partial charge in [0.15, 0.2) is 12.1 Å². The Balaban J connectivity index is 1.77. The molecule has 218 valence electrons. The number of aliphatic carboxylic acids is 1. The molecule has 0 bridgehead atoms. The van der Waals surface area contributed by atoms with Crippen molar-refractivity contribution in [1.29, 1.82) is 0 Å². The van der Waals surface area contributed by atoms with E-state index in [1.807, 2.05) is 30.3 Å². The fourth-order valence-corrected chi connectivity index (χ4v) is 5.35. The number of carboxylic acid groups (broad SMARTS) is 1. The minimum absolute atomic E-state index is 0.0914. The number of carbonyl (C=O) groups is 6. The number of rotatable bonds is 12. The Bertz CT molecular complexity index is 1130. The van der Waals surface area contributed by atoms with Crippen molar-refractivity contribution in [3.8, 4) is 0 Å². The normalized spacial score (nSPS) is 24.0. The third-order valence-electron chi connectivity index (χ3n) is 7.36. The van der Waals surface area contributed by atoms with Crippen molar-refractivity contribution in [2.75, 3.05) is 20.2 Å². The molecule has 1 aromatic carbocycles. The topological polar surface area (TPSA) is 182 Å². The summed E-state index contributed by atoms with van der Waals surface area (Å²) in [6.45, 7) is 1.70. The van der Waals surface area contributed by atoms with E-state index in [9.17, 15) is 33.9 Å². The number of hydrogen-bond acceptors (Lipinski definition) is 9. The van der Waals surface area contributed by atoms with Crippen LogP contribution in [-0.2, 0) is 40.1 Å². The van der Waals surface area contributed by atoms with Crippen LogP contribution in [-0.4, -0.2) is 94.6 Å². The Morgan fingerprint density at radius 3 is 2.48 bits per heavy atom. The molecule has 3 rings (SSSR count). The molecule has 4 N–H and O–H groups in total. The van der Waals surface area contributed by atoms with Crippen molar-refractivity contribution in [2.45, 2.75) is 76.3 Å².